The van der Waals surface area contributed by atoms with Gasteiger partial charge in [-0.25, -0.2) is 0 Å². The van der Waals surface area contributed by atoms with Gasteiger partial charge in [-0.2, -0.15) is 0 Å². The van der Waals surface area contributed by atoms with Gasteiger partial charge in [0.05, 0.1) is 25.2 Å². The molecular formula is C14H24N2O4. The Bertz CT molecular complexity index is 355. The SMILES string of the molecule is CC(C(=O)N1CCCCC1)N1CCOC(CC(=O)O)C1. The molecule has 1 amide bonds. The fraction of sp³-hybridized carbons (Fsp3) is 0.857. The number of rotatable bonds is 4. The fourth-order valence-corrected chi connectivity index (χ4v) is 2.95. The van der Waals surface area contributed by atoms with E-state index in [2.05, 4.69) is 0 Å². The lowest BCUT2D eigenvalue weighted by Gasteiger charge is -2.38. The van der Waals surface area contributed by atoms with E-state index in [4.69, 9.17) is 9.84 Å². The zero-order chi connectivity index (χ0) is 14.5. The summed E-state index contributed by atoms with van der Waals surface area (Å²) in [6, 6.07) is -0.187. The first kappa shape index (κ1) is 15.3. The van der Waals surface area contributed by atoms with Crippen molar-refractivity contribution in [3.8, 4) is 0 Å². The molecule has 0 aliphatic carbocycles. The number of likely N-dealkylation sites (tertiary alicyclic amines) is 1. The van der Waals surface area contributed by atoms with Crippen LogP contribution in [0.15, 0.2) is 0 Å². The minimum atomic E-state index is -0.855. The van der Waals surface area contributed by atoms with Gasteiger partial charge in [-0.3, -0.25) is 14.5 Å². The van der Waals surface area contributed by atoms with Crippen LogP contribution < -0.4 is 0 Å². The maximum atomic E-state index is 12.5. The Balaban J connectivity index is 1.88. The van der Waals surface area contributed by atoms with Crippen LogP contribution >= 0.6 is 0 Å². The maximum absolute atomic E-state index is 12.5. The van der Waals surface area contributed by atoms with Crippen LogP contribution in [-0.2, 0) is 14.3 Å². The van der Waals surface area contributed by atoms with Gasteiger partial charge >= 0.3 is 5.97 Å². The van der Waals surface area contributed by atoms with Gasteiger partial charge in [0, 0.05) is 26.2 Å². The number of ether oxygens (including phenoxy) is 1. The molecular weight excluding hydrogens is 260 g/mol. The van der Waals surface area contributed by atoms with E-state index in [9.17, 15) is 9.59 Å². The molecule has 0 spiro atoms. The molecule has 114 valence electrons. The predicted molar refractivity (Wildman–Crippen MR) is 73.5 cm³/mol. The van der Waals surface area contributed by atoms with Crippen LogP contribution in [0.2, 0.25) is 0 Å². The molecule has 1 N–H and O–H groups in total. The first-order chi connectivity index (χ1) is 9.58. The first-order valence-corrected chi connectivity index (χ1v) is 7.44. The molecule has 2 atom stereocenters. The Morgan fingerprint density at radius 3 is 2.60 bits per heavy atom. The minimum Gasteiger partial charge on any atom is -0.481 e. The monoisotopic (exact) mass is 284 g/mol. The topological polar surface area (TPSA) is 70.1 Å². The van der Waals surface area contributed by atoms with E-state index in [-0.39, 0.29) is 24.5 Å². The summed E-state index contributed by atoms with van der Waals surface area (Å²) in [7, 11) is 0. The summed E-state index contributed by atoms with van der Waals surface area (Å²) >= 11 is 0. The van der Waals surface area contributed by atoms with Gasteiger partial charge < -0.3 is 14.7 Å². The van der Waals surface area contributed by atoms with Crippen LogP contribution in [0, 0.1) is 0 Å². The Hall–Kier alpha value is -1.14. The van der Waals surface area contributed by atoms with Crippen LogP contribution in [0.1, 0.15) is 32.6 Å². The van der Waals surface area contributed by atoms with Crippen LogP contribution in [-0.4, -0.2) is 71.7 Å². The second kappa shape index (κ2) is 7.04. The van der Waals surface area contributed by atoms with Gasteiger partial charge in [-0.05, 0) is 26.2 Å². The number of hydrogen-bond donors (Lipinski definition) is 1. The average Bonchev–Trinajstić information content (AvgIpc) is 2.46. The van der Waals surface area contributed by atoms with Crippen LogP contribution in [0.5, 0.6) is 0 Å². The highest BCUT2D eigenvalue weighted by atomic mass is 16.5. The van der Waals surface area contributed by atoms with E-state index in [1.54, 1.807) is 0 Å². The number of carboxylic acids is 1. The zero-order valence-electron chi connectivity index (χ0n) is 12.1. The molecule has 2 aliphatic rings. The second-order valence-electron chi connectivity index (χ2n) is 5.65. The van der Waals surface area contributed by atoms with Crippen molar-refractivity contribution < 1.29 is 19.4 Å². The molecule has 2 fully saturated rings. The molecule has 0 bridgehead atoms. The van der Waals surface area contributed by atoms with E-state index in [0.29, 0.717) is 19.7 Å². The minimum absolute atomic E-state index is 0.00112. The lowest BCUT2D eigenvalue weighted by Crippen LogP contribution is -2.54. The summed E-state index contributed by atoms with van der Waals surface area (Å²) in [6.45, 7) is 5.33. The third-order valence-corrected chi connectivity index (χ3v) is 4.15. The van der Waals surface area contributed by atoms with Crippen LogP contribution in [0.3, 0.4) is 0 Å². The molecule has 2 rings (SSSR count). The Kier molecular flexibility index (Phi) is 5.37. The Labute approximate surface area is 119 Å². The molecule has 2 aliphatic heterocycles. The highest BCUT2D eigenvalue weighted by molar-refractivity contribution is 5.81. The van der Waals surface area contributed by atoms with Gasteiger partial charge in [0.15, 0.2) is 0 Å². The van der Waals surface area contributed by atoms with Gasteiger partial charge in [0.1, 0.15) is 0 Å². The third-order valence-electron chi connectivity index (χ3n) is 4.15. The van der Waals surface area contributed by atoms with E-state index in [0.717, 1.165) is 25.9 Å². The number of hydrogen-bond acceptors (Lipinski definition) is 4. The average molecular weight is 284 g/mol. The van der Waals surface area contributed by atoms with Gasteiger partial charge in [0.25, 0.3) is 0 Å². The molecule has 0 radical (unpaired) electrons. The Morgan fingerprint density at radius 1 is 1.25 bits per heavy atom. The summed E-state index contributed by atoms with van der Waals surface area (Å²) in [4.78, 5) is 27.2. The smallest absolute Gasteiger partial charge is 0.306 e. The number of piperidine rings is 1. The maximum Gasteiger partial charge on any atom is 0.306 e. The normalized spacial score (nSPS) is 26.2. The number of carbonyl (C=O) groups excluding carboxylic acids is 1. The first-order valence-electron chi connectivity index (χ1n) is 7.44. The highest BCUT2D eigenvalue weighted by Gasteiger charge is 2.31. The van der Waals surface area contributed by atoms with Gasteiger partial charge in [-0.15, -0.1) is 0 Å². The number of morpholine rings is 1. The van der Waals surface area contributed by atoms with Crippen molar-refractivity contribution in [3.63, 3.8) is 0 Å². The number of amides is 1. The molecule has 0 saturated carbocycles. The molecule has 0 aromatic carbocycles. The van der Waals surface area contributed by atoms with Crippen molar-refractivity contribution in [2.24, 2.45) is 0 Å². The number of nitrogens with zero attached hydrogens (tertiary/aromatic N) is 2. The number of aliphatic carboxylic acids is 1. The van der Waals surface area contributed by atoms with Gasteiger partial charge in [0.2, 0.25) is 5.91 Å². The van der Waals surface area contributed by atoms with Gasteiger partial charge in [-0.1, -0.05) is 0 Å². The molecule has 0 aromatic heterocycles. The van der Waals surface area contributed by atoms with Crippen molar-refractivity contribution in [3.05, 3.63) is 0 Å². The summed E-state index contributed by atoms with van der Waals surface area (Å²) in [5, 5.41) is 8.83. The predicted octanol–water partition coefficient (Wildman–Crippen LogP) is 0.563. The third kappa shape index (κ3) is 3.93. The summed E-state index contributed by atoms with van der Waals surface area (Å²) < 4.78 is 5.45. The lowest BCUT2D eigenvalue weighted by molar-refractivity contribution is -0.145. The van der Waals surface area contributed by atoms with E-state index >= 15 is 0 Å². The van der Waals surface area contributed by atoms with Crippen molar-refractivity contribution in [1.82, 2.24) is 9.80 Å². The van der Waals surface area contributed by atoms with Crippen molar-refractivity contribution in [1.29, 1.82) is 0 Å². The summed E-state index contributed by atoms with van der Waals surface area (Å²) in [5.74, 6) is -0.687. The quantitative estimate of drug-likeness (QED) is 0.817. The number of carboxylic acid groups (broad SMARTS) is 1. The largest absolute Gasteiger partial charge is 0.481 e. The second-order valence-corrected chi connectivity index (χ2v) is 5.65. The summed E-state index contributed by atoms with van der Waals surface area (Å²) in [6.07, 6.45) is 3.07. The molecule has 2 unspecified atom stereocenters. The molecule has 6 nitrogen and oxygen atoms in total. The summed E-state index contributed by atoms with van der Waals surface area (Å²) in [5.41, 5.74) is 0. The standard InChI is InChI=1S/C14H24N2O4/c1-11(14(19)15-5-3-2-4-6-15)16-7-8-20-12(10-16)9-13(17)18/h11-12H,2-10H2,1H3,(H,17,18). The molecule has 20 heavy (non-hydrogen) atoms. The Morgan fingerprint density at radius 2 is 1.95 bits per heavy atom. The fourth-order valence-electron chi connectivity index (χ4n) is 2.95. The van der Waals surface area contributed by atoms with Crippen LogP contribution in [0.25, 0.3) is 0 Å². The number of carbonyl (C=O) groups is 2. The van der Waals surface area contributed by atoms with Crippen molar-refractivity contribution in [2.75, 3.05) is 32.8 Å². The molecule has 0 aromatic rings. The lowest BCUT2D eigenvalue weighted by atomic mass is 10.1. The molecule has 2 saturated heterocycles. The van der Waals surface area contributed by atoms with E-state index in [1.807, 2.05) is 16.7 Å². The van der Waals surface area contributed by atoms with Crippen molar-refractivity contribution in [2.45, 2.75) is 44.8 Å². The zero-order valence-corrected chi connectivity index (χ0v) is 12.1. The van der Waals surface area contributed by atoms with Crippen molar-refractivity contribution >= 4 is 11.9 Å². The van der Waals surface area contributed by atoms with E-state index < -0.39 is 5.97 Å². The highest BCUT2D eigenvalue weighted by Crippen LogP contribution is 2.16. The molecule has 6 heteroatoms. The van der Waals surface area contributed by atoms with Crippen LogP contribution in [0.4, 0.5) is 0 Å². The molecule has 2 heterocycles. The van der Waals surface area contributed by atoms with E-state index in [1.165, 1.54) is 6.42 Å².